The van der Waals surface area contributed by atoms with Gasteiger partial charge in [-0.2, -0.15) is 0 Å². The highest BCUT2D eigenvalue weighted by Crippen LogP contribution is 2.11. The lowest BCUT2D eigenvalue weighted by Gasteiger charge is -2.15. The van der Waals surface area contributed by atoms with Crippen LogP contribution in [-0.2, 0) is 11.3 Å². The average Bonchev–Trinajstić information content (AvgIpc) is 2.75. The lowest BCUT2D eigenvalue weighted by molar-refractivity contribution is 0.0950. The Bertz CT molecular complexity index is 1150. The van der Waals surface area contributed by atoms with Gasteiger partial charge in [0.1, 0.15) is 16.8 Å². The summed E-state index contributed by atoms with van der Waals surface area (Å²) in [4.78, 5) is 30.5. The van der Waals surface area contributed by atoms with Crippen molar-refractivity contribution >= 4 is 22.6 Å². The molecule has 3 aromatic heterocycles. The van der Waals surface area contributed by atoms with Crippen molar-refractivity contribution in [3.05, 3.63) is 51.9 Å². The van der Waals surface area contributed by atoms with Gasteiger partial charge < -0.3 is 14.6 Å². The van der Waals surface area contributed by atoms with E-state index in [1.54, 1.807) is 22.9 Å². The first-order valence-electron chi connectivity index (χ1n) is 10.5. The molecule has 160 valence electrons. The van der Waals surface area contributed by atoms with E-state index in [0.717, 1.165) is 19.3 Å². The van der Waals surface area contributed by atoms with E-state index in [0.29, 0.717) is 49.4 Å². The molecule has 0 radical (unpaired) electrons. The second-order valence-corrected chi connectivity index (χ2v) is 7.15. The fraction of sp³-hybridized carbons (Fsp3) is 0.455. The summed E-state index contributed by atoms with van der Waals surface area (Å²) in [6.07, 6.45) is 5.27. The van der Waals surface area contributed by atoms with Crippen LogP contribution in [-0.4, -0.2) is 39.6 Å². The number of carbonyl (C=O) groups is 1. The summed E-state index contributed by atoms with van der Waals surface area (Å²) < 4.78 is 8.52. The van der Waals surface area contributed by atoms with Crippen LogP contribution in [0.25, 0.3) is 16.7 Å². The molecule has 0 fully saturated rings. The molecule has 0 aliphatic carbocycles. The predicted molar refractivity (Wildman–Crippen MR) is 116 cm³/mol. The topological polar surface area (TPSA) is 101 Å². The van der Waals surface area contributed by atoms with E-state index in [2.05, 4.69) is 17.2 Å². The van der Waals surface area contributed by atoms with E-state index >= 15 is 0 Å². The minimum Gasteiger partial charge on any atom is -0.382 e. The molecule has 0 atom stereocenters. The number of hydrogen-bond donors (Lipinski definition) is 2. The van der Waals surface area contributed by atoms with Crippen LogP contribution in [0.5, 0.6) is 0 Å². The van der Waals surface area contributed by atoms with Crippen molar-refractivity contribution in [1.82, 2.24) is 19.3 Å². The average molecular weight is 412 g/mol. The van der Waals surface area contributed by atoms with Crippen LogP contribution in [0.1, 0.15) is 49.9 Å². The predicted octanol–water partition coefficient (Wildman–Crippen LogP) is 2.48. The molecular formula is C22H29N5O3. The van der Waals surface area contributed by atoms with Gasteiger partial charge in [0, 0.05) is 32.5 Å². The van der Waals surface area contributed by atoms with Gasteiger partial charge in [0.05, 0.1) is 10.9 Å². The van der Waals surface area contributed by atoms with E-state index in [1.807, 2.05) is 13.0 Å². The highest BCUT2D eigenvalue weighted by molar-refractivity contribution is 5.96. The molecule has 30 heavy (non-hydrogen) atoms. The molecule has 1 amide bonds. The van der Waals surface area contributed by atoms with Gasteiger partial charge in [-0.25, -0.2) is 4.98 Å². The number of hydrogen-bond acceptors (Lipinski definition) is 5. The lowest BCUT2D eigenvalue weighted by atomic mass is 10.2. The zero-order valence-electron chi connectivity index (χ0n) is 17.6. The zero-order chi connectivity index (χ0) is 21.5. The highest BCUT2D eigenvalue weighted by atomic mass is 16.5. The summed E-state index contributed by atoms with van der Waals surface area (Å²) >= 11 is 0. The van der Waals surface area contributed by atoms with Gasteiger partial charge in [0.2, 0.25) is 0 Å². The molecule has 2 N–H and O–H groups in total. The molecule has 0 unspecified atom stereocenters. The maximum Gasteiger partial charge on any atom is 0.267 e. The van der Waals surface area contributed by atoms with Gasteiger partial charge in [-0.15, -0.1) is 0 Å². The van der Waals surface area contributed by atoms with E-state index in [4.69, 9.17) is 10.1 Å². The Kier molecular flexibility index (Phi) is 7.35. The SMILES string of the molecule is CCCCCNC(=O)c1cc2c(=O)n3ccccc3nc2n(CCCOCC)c1=N. The van der Waals surface area contributed by atoms with Crippen molar-refractivity contribution in [2.45, 2.75) is 46.1 Å². The Morgan fingerprint density at radius 2 is 2.07 bits per heavy atom. The Hall–Kier alpha value is -3.00. The van der Waals surface area contributed by atoms with Crippen LogP contribution >= 0.6 is 0 Å². The molecule has 0 aromatic carbocycles. The van der Waals surface area contributed by atoms with E-state index in [-0.39, 0.29) is 22.5 Å². The number of aromatic nitrogens is 3. The van der Waals surface area contributed by atoms with Crippen LogP contribution in [0.2, 0.25) is 0 Å². The van der Waals surface area contributed by atoms with Crippen LogP contribution in [0, 0.1) is 5.41 Å². The molecule has 0 bridgehead atoms. The minimum absolute atomic E-state index is 0.0548. The molecule has 8 heteroatoms. The van der Waals surface area contributed by atoms with Crippen LogP contribution < -0.4 is 16.4 Å². The van der Waals surface area contributed by atoms with Gasteiger partial charge in [-0.1, -0.05) is 25.8 Å². The van der Waals surface area contributed by atoms with Gasteiger partial charge in [-0.05, 0) is 38.0 Å². The summed E-state index contributed by atoms with van der Waals surface area (Å²) in [5, 5.41) is 11.8. The summed E-state index contributed by atoms with van der Waals surface area (Å²) in [5.41, 5.74) is 0.901. The number of ether oxygens (including phenoxy) is 1. The number of fused-ring (bicyclic) bond motifs is 2. The fourth-order valence-corrected chi connectivity index (χ4v) is 3.42. The first-order valence-corrected chi connectivity index (χ1v) is 10.5. The van der Waals surface area contributed by atoms with Gasteiger partial charge in [0.25, 0.3) is 11.5 Å². The number of pyridine rings is 2. The second-order valence-electron chi connectivity index (χ2n) is 7.15. The van der Waals surface area contributed by atoms with E-state index in [1.165, 1.54) is 10.5 Å². The summed E-state index contributed by atoms with van der Waals surface area (Å²) in [6, 6.07) is 6.83. The third-order valence-electron chi connectivity index (χ3n) is 5.00. The summed E-state index contributed by atoms with van der Waals surface area (Å²) in [6.45, 7) is 6.15. The first-order chi connectivity index (χ1) is 14.6. The number of rotatable bonds is 10. The lowest BCUT2D eigenvalue weighted by Crippen LogP contribution is -2.35. The molecule has 0 saturated carbocycles. The Morgan fingerprint density at radius 3 is 2.83 bits per heavy atom. The quantitative estimate of drug-likeness (QED) is 0.395. The van der Waals surface area contributed by atoms with Crippen molar-refractivity contribution in [1.29, 1.82) is 5.41 Å². The van der Waals surface area contributed by atoms with Crippen molar-refractivity contribution in [3.8, 4) is 0 Å². The molecule has 3 heterocycles. The third kappa shape index (κ3) is 4.59. The third-order valence-corrected chi connectivity index (χ3v) is 5.00. The summed E-state index contributed by atoms with van der Waals surface area (Å²) in [7, 11) is 0. The van der Waals surface area contributed by atoms with Crippen molar-refractivity contribution in [2.24, 2.45) is 0 Å². The second kappa shape index (κ2) is 10.2. The maximum atomic E-state index is 13.1. The fourth-order valence-electron chi connectivity index (χ4n) is 3.42. The van der Waals surface area contributed by atoms with Gasteiger partial charge in [-0.3, -0.25) is 19.4 Å². The zero-order valence-corrected chi connectivity index (χ0v) is 17.6. The van der Waals surface area contributed by atoms with Crippen molar-refractivity contribution < 1.29 is 9.53 Å². The van der Waals surface area contributed by atoms with Crippen molar-refractivity contribution in [3.63, 3.8) is 0 Å². The van der Waals surface area contributed by atoms with Gasteiger partial charge in [0.15, 0.2) is 0 Å². The van der Waals surface area contributed by atoms with E-state index in [9.17, 15) is 9.59 Å². The molecule has 0 aliphatic rings. The molecule has 0 saturated heterocycles. The number of amides is 1. The number of aryl methyl sites for hydroxylation is 1. The van der Waals surface area contributed by atoms with Crippen LogP contribution in [0.4, 0.5) is 0 Å². The molecule has 0 aliphatic heterocycles. The molecular weight excluding hydrogens is 382 g/mol. The monoisotopic (exact) mass is 411 g/mol. The van der Waals surface area contributed by atoms with Crippen LogP contribution in [0.3, 0.4) is 0 Å². The number of nitrogens with one attached hydrogen (secondary N) is 2. The minimum atomic E-state index is -0.339. The Morgan fingerprint density at radius 1 is 1.23 bits per heavy atom. The standard InChI is InChI=1S/C22H29N5O3/c1-3-5-7-11-24-21(28)16-15-17-20(27(19(16)23)13-9-14-30-4-2)25-18-10-6-8-12-26(18)22(17)29/h6,8,10,12,15,23H,3-5,7,9,11,13-14H2,1-2H3,(H,24,28). The first kappa shape index (κ1) is 21.7. The molecule has 3 rings (SSSR count). The molecule has 8 nitrogen and oxygen atoms in total. The smallest absolute Gasteiger partial charge is 0.267 e. The van der Waals surface area contributed by atoms with Crippen LogP contribution in [0.15, 0.2) is 35.3 Å². The van der Waals surface area contributed by atoms with Crippen molar-refractivity contribution in [2.75, 3.05) is 19.8 Å². The Balaban J connectivity index is 2.10. The molecule has 3 aromatic rings. The normalized spacial score (nSPS) is 11.3. The maximum absolute atomic E-state index is 13.1. The number of carbonyl (C=O) groups excluding carboxylic acids is 1. The number of nitrogens with zero attached hydrogens (tertiary/aromatic N) is 3. The van der Waals surface area contributed by atoms with Gasteiger partial charge >= 0.3 is 0 Å². The molecule has 0 spiro atoms. The highest BCUT2D eigenvalue weighted by Gasteiger charge is 2.17. The summed E-state index contributed by atoms with van der Waals surface area (Å²) in [5.74, 6) is -0.339. The largest absolute Gasteiger partial charge is 0.382 e. The number of unbranched alkanes of at least 4 members (excludes halogenated alkanes) is 2. The Labute approximate surface area is 175 Å². The van der Waals surface area contributed by atoms with E-state index < -0.39 is 0 Å².